The molecule has 0 unspecified atom stereocenters. The number of thioether (sulfide) groups is 1. The Hall–Kier alpha value is -0.770. The number of aromatic nitrogens is 2. The molecule has 4 heteroatoms. The molecular weight excluding hydrogens is 172 g/mol. The normalized spacial score (nSPS) is 9.92. The quantitative estimate of drug-likeness (QED) is 0.531. The van der Waals surface area contributed by atoms with Crippen molar-refractivity contribution in [1.82, 2.24) is 9.97 Å². The maximum atomic E-state index is 5.31. The molecule has 66 valence electrons. The Morgan fingerprint density at radius 2 is 2.25 bits per heavy atom. The average Bonchev–Trinajstić information content (AvgIpc) is 2.09. The van der Waals surface area contributed by atoms with Crippen LogP contribution >= 0.6 is 11.8 Å². The minimum atomic E-state index is 0.645. The lowest BCUT2D eigenvalue weighted by atomic mass is 10.4. The van der Waals surface area contributed by atoms with E-state index >= 15 is 0 Å². The second-order valence-corrected chi connectivity index (χ2v) is 3.04. The van der Waals surface area contributed by atoms with E-state index < -0.39 is 0 Å². The van der Waals surface area contributed by atoms with Crippen molar-refractivity contribution in [3.8, 4) is 5.88 Å². The molecule has 0 amide bonds. The maximum absolute atomic E-state index is 5.31. The van der Waals surface area contributed by atoms with E-state index in [4.69, 9.17) is 4.74 Å². The van der Waals surface area contributed by atoms with Gasteiger partial charge in [0.15, 0.2) is 0 Å². The summed E-state index contributed by atoms with van der Waals surface area (Å²) in [4.78, 5) is 8.14. The highest BCUT2D eigenvalue weighted by Gasteiger charge is 2.05. The maximum Gasteiger partial charge on any atom is 0.220 e. The molecule has 0 saturated heterocycles. The molecule has 0 atom stereocenters. The van der Waals surface area contributed by atoms with Gasteiger partial charge < -0.3 is 4.74 Å². The molecule has 0 N–H and O–H groups in total. The summed E-state index contributed by atoms with van der Waals surface area (Å²) in [5.41, 5.74) is 1.02. The van der Waals surface area contributed by atoms with Gasteiger partial charge >= 0.3 is 0 Å². The van der Waals surface area contributed by atoms with Gasteiger partial charge in [-0.05, 0) is 20.1 Å². The van der Waals surface area contributed by atoms with Gasteiger partial charge in [0.2, 0.25) is 5.88 Å². The van der Waals surface area contributed by atoms with Crippen LogP contribution in [0.5, 0.6) is 5.88 Å². The topological polar surface area (TPSA) is 35.0 Å². The standard InChI is InChI=1S/C8H12N2OS/c1-4-11-7-6(2)8(12-3)10-5-9-7/h5H,4H2,1-3H3. The van der Waals surface area contributed by atoms with Crippen molar-refractivity contribution in [2.75, 3.05) is 12.9 Å². The number of nitrogens with zero attached hydrogens (tertiary/aromatic N) is 2. The van der Waals surface area contributed by atoms with Crippen molar-refractivity contribution in [2.24, 2.45) is 0 Å². The first-order valence-electron chi connectivity index (χ1n) is 3.78. The van der Waals surface area contributed by atoms with Gasteiger partial charge in [0, 0.05) is 5.56 Å². The second-order valence-electron chi connectivity index (χ2n) is 2.25. The van der Waals surface area contributed by atoms with Crippen LogP contribution in [0, 0.1) is 6.92 Å². The minimum absolute atomic E-state index is 0.645. The molecule has 1 heterocycles. The summed E-state index contributed by atoms with van der Waals surface area (Å²) in [7, 11) is 0. The molecule has 0 aliphatic rings. The van der Waals surface area contributed by atoms with Gasteiger partial charge in [0.05, 0.1) is 6.61 Å². The van der Waals surface area contributed by atoms with Gasteiger partial charge in [0.1, 0.15) is 11.4 Å². The molecule has 1 rings (SSSR count). The number of hydrogen-bond acceptors (Lipinski definition) is 4. The van der Waals surface area contributed by atoms with Crippen LogP contribution in [0.3, 0.4) is 0 Å². The van der Waals surface area contributed by atoms with Crippen molar-refractivity contribution >= 4 is 11.8 Å². The summed E-state index contributed by atoms with van der Waals surface area (Å²) in [6.07, 6.45) is 3.52. The summed E-state index contributed by atoms with van der Waals surface area (Å²) in [5, 5.41) is 0.980. The van der Waals surface area contributed by atoms with Gasteiger partial charge in [-0.15, -0.1) is 11.8 Å². The molecule has 1 aromatic rings. The van der Waals surface area contributed by atoms with Crippen LogP contribution in [0.1, 0.15) is 12.5 Å². The molecule has 0 spiro atoms. The summed E-state index contributed by atoms with van der Waals surface area (Å²) >= 11 is 1.60. The Kier molecular flexibility index (Phi) is 3.34. The predicted octanol–water partition coefficient (Wildman–Crippen LogP) is 1.91. The molecule has 0 radical (unpaired) electrons. The molecule has 0 fully saturated rings. The van der Waals surface area contributed by atoms with Gasteiger partial charge in [-0.3, -0.25) is 0 Å². The van der Waals surface area contributed by atoms with E-state index in [1.165, 1.54) is 6.33 Å². The van der Waals surface area contributed by atoms with E-state index in [9.17, 15) is 0 Å². The Balaban J connectivity index is 2.97. The SMILES string of the molecule is CCOc1ncnc(SC)c1C. The molecule has 0 aliphatic heterocycles. The predicted molar refractivity (Wildman–Crippen MR) is 49.7 cm³/mol. The van der Waals surface area contributed by atoms with E-state index in [-0.39, 0.29) is 0 Å². The lowest BCUT2D eigenvalue weighted by Crippen LogP contribution is -1.99. The summed E-state index contributed by atoms with van der Waals surface area (Å²) in [5.74, 6) is 0.692. The third-order valence-corrected chi connectivity index (χ3v) is 2.26. The van der Waals surface area contributed by atoms with Crippen molar-refractivity contribution < 1.29 is 4.74 Å². The summed E-state index contributed by atoms with van der Waals surface area (Å²) < 4.78 is 5.31. The van der Waals surface area contributed by atoms with Crippen LogP contribution < -0.4 is 4.74 Å². The Bertz CT molecular complexity index is 265. The highest BCUT2D eigenvalue weighted by atomic mass is 32.2. The fourth-order valence-electron chi connectivity index (χ4n) is 0.907. The van der Waals surface area contributed by atoms with E-state index in [1.807, 2.05) is 20.1 Å². The number of hydrogen-bond donors (Lipinski definition) is 0. The number of rotatable bonds is 3. The summed E-state index contributed by atoms with van der Waals surface area (Å²) in [6.45, 7) is 4.56. The molecular formula is C8H12N2OS. The van der Waals surface area contributed by atoms with Crippen molar-refractivity contribution in [2.45, 2.75) is 18.9 Å². The van der Waals surface area contributed by atoms with Gasteiger partial charge in [0.25, 0.3) is 0 Å². The smallest absolute Gasteiger partial charge is 0.220 e. The van der Waals surface area contributed by atoms with Crippen LogP contribution in [0.2, 0.25) is 0 Å². The third kappa shape index (κ3) is 1.88. The van der Waals surface area contributed by atoms with Crippen LogP contribution in [0.25, 0.3) is 0 Å². The van der Waals surface area contributed by atoms with Gasteiger partial charge in [-0.2, -0.15) is 0 Å². The molecule has 0 aliphatic carbocycles. The van der Waals surface area contributed by atoms with E-state index in [0.717, 1.165) is 10.6 Å². The first-order chi connectivity index (χ1) is 5.79. The Morgan fingerprint density at radius 3 is 2.83 bits per heavy atom. The fourth-order valence-corrected chi connectivity index (χ4v) is 1.45. The zero-order valence-corrected chi connectivity index (χ0v) is 8.31. The lowest BCUT2D eigenvalue weighted by Gasteiger charge is -2.06. The molecule has 3 nitrogen and oxygen atoms in total. The Labute approximate surface area is 76.6 Å². The van der Waals surface area contributed by atoms with Crippen LogP contribution in [-0.4, -0.2) is 22.8 Å². The number of ether oxygens (including phenoxy) is 1. The van der Waals surface area contributed by atoms with Crippen molar-refractivity contribution in [1.29, 1.82) is 0 Å². The highest BCUT2D eigenvalue weighted by molar-refractivity contribution is 7.98. The summed E-state index contributed by atoms with van der Waals surface area (Å²) in [6, 6.07) is 0. The molecule has 0 saturated carbocycles. The van der Waals surface area contributed by atoms with Crippen LogP contribution in [0.15, 0.2) is 11.4 Å². The molecule has 1 aromatic heterocycles. The Morgan fingerprint density at radius 1 is 1.50 bits per heavy atom. The molecule has 12 heavy (non-hydrogen) atoms. The van der Waals surface area contributed by atoms with Gasteiger partial charge in [-0.1, -0.05) is 0 Å². The van der Waals surface area contributed by atoms with E-state index in [1.54, 1.807) is 11.8 Å². The van der Waals surface area contributed by atoms with Crippen molar-refractivity contribution in [3.05, 3.63) is 11.9 Å². The first kappa shape index (κ1) is 9.32. The zero-order chi connectivity index (χ0) is 8.97. The van der Waals surface area contributed by atoms with Crippen molar-refractivity contribution in [3.63, 3.8) is 0 Å². The monoisotopic (exact) mass is 184 g/mol. The van der Waals surface area contributed by atoms with E-state index in [2.05, 4.69) is 9.97 Å². The zero-order valence-electron chi connectivity index (χ0n) is 7.50. The highest BCUT2D eigenvalue weighted by Crippen LogP contribution is 2.22. The first-order valence-corrected chi connectivity index (χ1v) is 5.00. The van der Waals surface area contributed by atoms with Crippen LogP contribution in [0.4, 0.5) is 0 Å². The van der Waals surface area contributed by atoms with Crippen LogP contribution in [-0.2, 0) is 0 Å². The molecule has 0 aromatic carbocycles. The fraction of sp³-hybridized carbons (Fsp3) is 0.500. The van der Waals surface area contributed by atoms with Gasteiger partial charge in [-0.25, -0.2) is 9.97 Å². The largest absolute Gasteiger partial charge is 0.478 e. The molecule has 0 bridgehead atoms. The lowest BCUT2D eigenvalue weighted by molar-refractivity contribution is 0.322. The van der Waals surface area contributed by atoms with E-state index in [0.29, 0.717) is 12.5 Å². The average molecular weight is 184 g/mol. The second kappa shape index (κ2) is 4.30. The minimum Gasteiger partial charge on any atom is -0.478 e. The third-order valence-electron chi connectivity index (χ3n) is 1.47.